The zero-order valence-corrected chi connectivity index (χ0v) is 14.0. The average molecular weight is 283 g/mol. The molecule has 100 valence electrons. The molecule has 0 aliphatic heterocycles. The van der Waals surface area contributed by atoms with Crippen molar-refractivity contribution >= 4 is 16.9 Å². The molecule has 0 spiro atoms. The van der Waals surface area contributed by atoms with E-state index in [1.807, 2.05) is 13.8 Å². The van der Waals surface area contributed by atoms with Gasteiger partial charge >= 0.3 is 29.6 Å². The fourth-order valence-electron chi connectivity index (χ4n) is 1.93. The molecule has 0 N–H and O–H groups in total. The fourth-order valence-corrected chi connectivity index (χ4v) is 1.93. The van der Waals surface area contributed by atoms with E-state index in [4.69, 9.17) is 9.47 Å². The maximum Gasteiger partial charge on any atom is 1.00 e. The molecule has 0 aliphatic carbocycles. The second-order valence-corrected chi connectivity index (χ2v) is 4.07. The number of nitrogens with zero attached hydrogens (tertiary/aromatic N) is 1. The van der Waals surface area contributed by atoms with Gasteiger partial charge in [0.1, 0.15) is 11.5 Å². The number of carboxylic acid groups (broad SMARTS) is 1. The summed E-state index contributed by atoms with van der Waals surface area (Å²) in [7, 11) is 1.57. The van der Waals surface area contributed by atoms with Crippen LogP contribution in [0.4, 0.5) is 0 Å². The van der Waals surface area contributed by atoms with Crippen molar-refractivity contribution in [1.82, 2.24) is 4.98 Å². The first-order valence-electron chi connectivity index (χ1n) is 5.90. The minimum absolute atomic E-state index is 0. The van der Waals surface area contributed by atoms with Crippen LogP contribution in [-0.4, -0.2) is 24.7 Å². The monoisotopic (exact) mass is 283 g/mol. The van der Waals surface area contributed by atoms with Crippen molar-refractivity contribution in [1.29, 1.82) is 0 Å². The number of hydrogen-bond donors (Lipinski definition) is 0. The molecule has 0 saturated heterocycles. The first-order valence-corrected chi connectivity index (χ1v) is 5.90. The van der Waals surface area contributed by atoms with Gasteiger partial charge in [-0.2, -0.15) is 0 Å². The molecule has 1 aromatic carbocycles. The van der Waals surface area contributed by atoms with Crippen molar-refractivity contribution in [2.24, 2.45) is 0 Å². The number of carbonyl (C=O) groups excluding carboxylic acids is 1. The Bertz CT molecular complexity index is 643. The van der Waals surface area contributed by atoms with Crippen molar-refractivity contribution in [2.75, 3.05) is 13.7 Å². The molecule has 6 heteroatoms. The predicted molar refractivity (Wildman–Crippen MR) is 68.5 cm³/mol. The molecule has 0 saturated carbocycles. The molecule has 20 heavy (non-hydrogen) atoms. The van der Waals surface area contributed by atoms with E-state index in [1.54, 1.807) is 19.2 Å². The van der Waals surface area contributed by atoms with Gasteiger partial charge in [-0.3, -0.25) is 0 Å². The van der Waals surface area contributed by atoms with Crippen LogP contribution in [-0.2, 0) is 0 Å². The van der Waals surface area contributed by atoms with Crippen molar-refractivity contribution in [3.05, 3.63) is 29.5 Å². The van der Waals surface area contributed by atoms with Gasteiger partial charge in [0.2, 0.25) is 0 Å². The quantitative estimate of drug-likeness (QED) is 0.627. The van der Waals surface area contributed by atoms with Crippen LogP contribution >= 0.6 is 0 Å². The first kappa shape index (κ1) is 16.8. The second-order valence-electron chi connectivity index (χ2n) is 4.07. The van der Waals surface area contributed by atoms with E-state index in [2.05, 4.69) is 4.98 Å². The van der Waals surface area contributed by atoms with E-state index in [1.165, 1.54) is 6.07 Å². The first-order chi connectivity index (χ1) is 9.06. The Morgan fingerprint density at radius 2 is 2.05 bits per heavy atom. The summed E-state index contributed by atoms with van der Waals surface area (Å²) < 4.78 is 10.7. The molecular formula is C14H14NNaO4. The smallest absolute Gasteiger partial charge is 0.543 e. The molecule has 0 fully saturated rings. The molecule has 0 radical (unpaired) electrons. The molecule has 1 heterocycles. The topological polar surface area (TPSA) is 71.5 Å². The van der Waals surface area contributed by atoms with Gasteiger partial charge in [0.25, 0.3) is 0 Å². The molecule has 0 atom stereocenters. The van der Waals surface area contributed by atoms with Gasteiger partial charge < -0.3 is 19.4 Å². The van der Waals surface area contributed by atoms with Gasteiger partial charge in [-0.05, 0) is 31.5 Å². The number of fused-ring (bicyclic) bond motifs is 1. The summed E-state index contributed by atoms with van der Waals surface area (Å²) in [6.07, 6.45) is 0. The van der Waals surface area contributed by atoms with Crippen LogP contribution in [0.5, 0.6) is 11.5 Å². The van der Waals surface area contributed by atoms with E-state index < -0.39 is 5.97 Å². The van der Waals surface area contributed by atoms with Crippen molar-refractivity contribution in [3.63, 3.8) is 0 Å². The number of ether oxygens (including phenoxy) is 2. The van der Waals surface area contributed by atoms with Gasteiger partial charge in [0.05, 0.1) is 30.9 Å². The van der Waals surface area contributed by atoms with Crippen LogP contribution in [0, 0.1) is 6.92 Å². The van der Waals surface area contributed by atoms with Crippen LogP contribution in [0.1, 0.15) is 23.0 Å². The number of aryl methyl sites for hydroxylation is 1. The largest absolute Gasteiger partial charge is 1.00 e. The predicted octanol–water partition coefficient (Wildman–Crippen LogP) is -1.68. The molecule has 1 aromatic heterocycles. The number of aromatic carboxylic acids is 1. The van der Waals surface area contributed by atoms with Gasteiger partial charge in [-0.25, -0.2) is 4.98 Å². The fraction of sp³-hybridized carbons (Fsp3) is 0.286. The van der Waals surface area contributed by atoms with E-state index in [-0.39, 0.29) is 35.3 Å². The van der Waals surface area contributed by atoms with Gasteiger partial charge in [0, 0.05) is 11.5 Å². The number of pyridine rings is 1. The van der Waals surface area contributed by atoms with Gasteiger partial charge in [-0.1, -0.05) is 0 Å². The maximum absolute atomic E-state index is 11.0. The summed E-state index contributed by atoms with van der Waals surface area (Å²) in [6, 6.07) is 4.95. The summed E-state index contributed by atoms with van der Waals surface area (Å²) in [4.78, 5) is 15.1. The molecule has 5 nitrogen and oxygen atoms in total. The number of rotatable bonds is 4. The standard InChI is InChI=1S/C14H15NO4.Na/c1-4-19-12-7-11(14(16)17)15-13-8(2)5-9(18-3)6-10(12)13;/h5-7H,4H2,1-3H3,(H,16,17);/q;+1/p-1. The van der Waals surface area contributed by atoms with E-state index >= 15 is 0 Å². The third-order valence-electron chi connectivity index (χ3n) is 2.78. The number of benzene rings is 1. The average Bonchev–Trinajstić information content (AvgIpc) is 2.39. The molecule has 2 rings (SSSR count). The Morgan fingerprint density at radius 3 is 2.60 bits per heavy atom. The van der Waals surface area contributed by atoms with Crippen LogP contribution in [0.3, 0.4) is 0 Å². The minimum Gasteiger partial charge on any atom is -0.543 e. The van der Waals surface area contributed by atoms with Crippen molar-refractivity contribution in [2.45, 2.75) is 13.8 Å². The van der Waals surface area contributed by atoms with Crippen LogP contribution in [0.2, 0.25) is 0 Å². The Balaban J connectivity index is 0.00000200. The summed E-state index contributed by atoms with van der Waals surface area (Å²) in [6.45, 7) is 4.10. The van der Waals surface area contributed by atoms with Crippen LogP contribution in [0.15, 0.2) is 18.2 Å². The SMILES string of the molecule is CCOc1cc(C(=O)[O-])nc2c(C)cc(OC)cc12.[Na+]. The third kappa shape index (κ3) is 3.23. The summed E-state index contributed by atoms with van der Waals surface area (Å²) in [5, 5.41) is 11.7. The summed E-state index contributed by atoms with van der Waals surface area (Å²) in [5.74, 6) is -0.180. The van der Waals surface area contributed by atoms with Crippen molar-refractivity contribution < 1.29 is 48.9 Å². The van der Waals surface area contributed by atoms with Gasteiger partial charge in [-0.15, -0.1) is 0 Å². The molecule has 0 amide bonds. The number of hydrogen-bond acceptors (Lipinski definition) is 5. The normalized spacial score (nSPS) is 9.95. The zero-order valence-electron chi connectivity index (χ0n) is 12.0. The summed E-state index contributed by atoms with van der Waals surface area (Å²) in [5.41, 5.74) is 1.26. The molecule has 2 aromatic rings. The van der Waals surface area contributed by atoms with Gasteiger partial charge in [0.15, 0.2) is 0 Å². The molecule has 0 unspecified atom stereocenters. The van der Waals surface area contributed by atoms with E-state index in [9.17, 15) is 9.90 Å². The Hall–Kier alpha value is -1.30. The maximum atomic E-state index is 11.0. The zero-order chi connectivity index (χ0) is 14.0. The van der Waals surface area contributed by atoms with Crippen LogP contribution < -0.4 is 44.1 Å². The summed E-state index contributed by atoms with van der Waals surface area (Å²) >= 11 is 0. The Morgan fingerprint density at radius 1 is 1.35 bits per heavy atom. The van der Waals surface area contributed by atoms with E-state index in [0.29, 0.717) is 23.6 Å². The molecule has 0 aliphatic rings. The third-order valence-corrected chi connectivity index (χ3v) is 2.78. The number of aromatic nitrogens is 1. The van der Waals surface area contributed by atoms with E-state index in [0.717, 1.165) is 10.9 Å². The Labute approximate surface area is 139 Å². The number of carbonyl (C=O) groups is 1. The minimum atomic E-state index is -1.32. The Kier molecular flexibility index (Phi) is 5.80. The number of carboxylic acids is 1. The second kappa shape index (κ2) is 6.92. The van der Waals surface area contributed by atoms with Crippen molar-refractivity contribution in [3.8, 4) is 11.5 Å². The molecular weight excluding hydrogens is 269 g/mol. The number of methoxy groups -OCH3 is 1. The van der Waals surface area contributed by atoms with Crippen LogP contribution in [0.25, 0.3) is 10.9 Å². The molecule has 0 bridgehead atoms.